The average molecular weight is 491 g/mol. The first-order valence-corrected chi connectivity index (χ1v) is 12.0. The molecule has 3 aromatic rings. The summed E-state index contributed by atoms with van der Waals surface area (Å²) in [6.07, 6.45) is -1.33. The lowest BCUT2D eigenvalue weighted by Crippen LogP contribution is -2.31. The first kappa shape index (κ1) is 25.2. The van der Waals surface area contributed by atoms with Gasteiger partial charge >= 0.3 is 0 Å². The van der Waals surface area contributed by atoms with Gasteiger partial charge in [0.15, 0.2) is 35.1 Å². The third-order valence-electron chi connectivity index (χ3n) is 6.36. The molecule has 0 aromatic carbocycles. The second-order valence-corrected chi connectivity index (χ2v) is 9.16. The summed E-state index contributed by atoms with van der Waals surface area (Å²) in [4.78, 5) is 17.9. The number of aliphatic hydroxyl groups is 3. The maximum absolute atomic E-state index is 10.8. The molecule has 5 N–H and O–H groups in total. The molecule has 1 fully saturated rings. The van der Waals surface area contributed by atoms with Gasteiger partial charge in [0, 0.05) is 6.04 Å². The smallest absolute Gasteiger partial charge is 0.258 e. The van der Waals surface area contributed by atoms with Crippen molar-refractivity contribution in [2.45, 2.75) is 84.1 Å². The molecular formula is C22H34N8O5. The van der Waals surface area contributed by atoms with Crippen LogP contribution in [0.3, 0.4) is 0 Å². The first-order chi connectivity index (χ1) is 16.8. The summed E-state index contributed by atoms with van der Waals surface area (Å²) in [5.74, 6) is 1.44. The number of hydrogen-bond acceptors (Lipinski definition) is 12. The van der Waals surface area contributed by atoms with Crippen LogP contribution in [0.1, 0.15) is 64.6 Å². The minimum atomic E-state index is -1.30. The molecule has 13 heteroatoms. The summed E-state index contributed by atoms with van der Waals surface area (Å²) >= 11 is 0. The number of imidazole rings is 1. The Morgan fingerprint density at radius 2 is 1.83 bits per heavy atom. The van der Waals surface area contributed by atoms with E-state index in [2.05, 4.69) is 49.6 Å². The molecule has 0 bridgehead atoms. The second-order valence-electron chi connectivity index (χ2n) is 9.16. The Hall–Kier alpha value is -2.87. The number of aryl methyl sites for hydroxylation is 1. The summed E-state index contributed by atoms with van der Waals surface area (Å²) in [6.45, 7) is 9.72. The highest BCUT2D eigenvalue weighted by Crippen LogP contribution is 2.39. The van der Waals surface area contributed by atoms with Crippen LogP contribution in [-0.4, -0.2) is 75.9 Å². The lowest BCUT2D eigenvalue weighted by Gasteiger charge is -2.22. The van der Waals surface area contributed by atoms with E-state index in [1.807, 2.05) is 13.8 Å². The summed E-state index contributed by atoms with van der Waals surface area (Å²) in [6, 6.07) is -0.0877. The highest BCUT2D eigenvalue weighted by molar-refractivity contribution is 5.84. The van der Waals surface area contributed by atoms with E-state index in [-0.39, 0.29) is 30.5 Å². The molecule has 192 valence electrons. The molecule has 35 heavy (non-hydrogen) atoms. The number of rotatable bonds is 10. The molecule has 1 aliphatic heterocycles. The zero-order valence-corrected chi connectivity index (χ0v) is 20.6. The second kappa shape index (κ2) is 10.4. The molecule has 0 unspecified atom stereocenters. The molecule has 4 heterocycles. The largest absolute Gasteiger partial charge is 0.394 e. The minimum Gasteiger partial charge on any atom is -0.394 e. The summed E-state index contributed by atoms with van der Waals surface area (Å²) in [5, 5.41) is 41.6. The van der Waals surface area contributed by atoms with Gasteiger partial charge in [0.2, 0.25) is 5.95 Å². The SMILES string of the molecule is CCC(CC)Nc1nc(N[C@H](CO)C(C)C)nc2c1ncn2[C@@H]1O[C@H](c2nc(C)no2)[C@@H](O)[C@H]1O. The number of nitrogens with zero attached hydrogens (tertiary/aromatic N) is 6. The molecule has 1 aliphatic rings. The Kier molecular flexibility index (Phi) is 7.50. The van der Waals surface area contributed by atoms with E-state index in [0.717, 1.165) is 12.8 Å². The van der Waals surface area contributed by atoms with Crippen LogP contribution < -0.4 is 10.6 Å². The molecule has 1 saturated heterocycles. The minimum absolute atomic E-state index is 0.0803. The van der Waals surface area contributed by atoms with E-state index in [1.54, 1.807) is 11.5 Å². The van der Waals surface area contributed by atoms with Gasteiger partial charge in [0.05, 0.1) is 19.0 Å². The van der Waals surface area contributed by atoms with Crippen LogP contribution in [0.15, 0.2) is 10.9 Å². The van der Waals surface area contributed by atoms with E-state index < -0.39 is 24.5 Å². The van der Waals surface area contributed by atoms with Gasteiger partial charge in [0.25, 0.3) is 5.89 Å². The Morgan fingerprint density at radius 1 is 1.09 bits per heavy atom. The van der Waals surface area contributed by atoms with Gasteiger partial charge in [-0.25, -0.2) is 4.98 Å². The molecule has 0 aliphatic carbocycles. The average Bonchev–Trinajstić information content (AvgIpc) is 3.53. The predicted molar refractivity (Wildman–Crippen MR) is 127 cm³/mol. The zero-order valence-electron chi connectivity index (χ0n) is 20.6. The number of aliphatic hydroxyl groups excluding tert-OH is 3. The topological polar surface area (TPSA) is 176 Å². The highest BCUT2D eigenvalue weighted by atomic mass is 16.6. The van der Waals surface area contributed by atoms with E-state index in [0.29, 0.717) is 28.8 Å². The van der Waals surface area contributed by atoms with Crippen LogP contribution in [0.2, 0.25) is 0 Å². The summed E-state index contributed by atoms with van der Waals surface area (Å²) in [7, 11) is 0. The third kappa shape index (κ3) is 4.94. The van der Waals surface area contributed by atoms with Gasteiger partial charge in [-0.1, -0.05) is 32.9 Å². The van der Waals surface area contributed by atoms with Gasteiger partial charge < -0.3 is 35.2 Å². The fraction of sp³-hybridized carbons (Fsp3) is 0.682. The van der Waals surface area contributed by atoms with Crippen LogP contribution in [0, 0.1) is 12.8 Å². The molecule has 0 spiro atoms. The standard InChI is InChI=1S/C22H34N8O5/c1-6-12(7-2)25-18-14-19(28-22(27-18)26-13(8-31)10(3)4)30(9-23-14)21-16(33)15(32)17(34-21)20-24-11(5)29-35-20/h9-10,12-13,15-17,21,31-33H,6-8H2,1-5H3,(H2,25,26,27,28)/t13-,15+,16-,17+,21-/m1/s1. The number of nitrogens with one attached hydrogen (secondary N) is 2. The van der Waals surface area contributed by atoms with E-state index >= 15 is 0 Å². The van der Waals surface area contributed by atoms with Crippen molar-refractivity contribution in [3.63, 3.8) is 0 Å². The Balaban J connectivity index is 1.74. The number of hydrogen-bond donors (Lipinski definition) is 5. The normalized spacial score (nSPS) is 23.5. The maximum Gasteiger partial charge on any atom is 0.258 e. The first-order valence-electron chi connectivity index (χ1n) is 12.0. The van der Waals surface area contributed by atoms with Gasteiger partial charge in [-0.2, -0.15) is 15.0 Å². The highest BCUT2D eigenvalue weighted by Gasteiger charge is 2.47. The predicted octanol–water partition coefficient (Wildman–Crippen LogP) is 1.54. The van der Waals surface area contributed by atoms with Gasteiger partial charge in [-0.3, -0.25) is 4.57 Å². The zero-order chi connectivity index (χ0) is 25.3. The van der Waals surface area contributed by atoms with Crippen molar-refractivity contribution in [1.29, 1.82) is 0 Å². The summed E-state index contributed by atoms with van der Waals surface area (Å²) < 4.78 is 12.7. The number of ether oxygens (including phenoxy) is 1. The van der Waals surface area contributed by atoms with E-state index in [9.17, 15) is 15.3 Å². The fourth-order valence-electron chi connectivity index (χ4n) is 4.07. The van der Waals surface area contributed by atoms with Crippen LogP contribution in [0.4, 0.5) is 11.8 Å². The number of fused-ring (bicyclic) bond motifs is 1. The van der Waals surface area contributed by atoms with Gasteiger partial charge in [-0.15, -0.1) is 0 Å². The third-order valence-corrected chi connectivity index (χ3v) is 6.36. The van der Waals surface area contributed by atoms with Gasteiger partial charge in [0.1, 0.15) is 12.2 Å². The van der Waals surface area contributed by atoms with Crippen molar-refractivity contribution in [2.24, 2.45) is 5.92 Å². The lowest BCUT2D eigenvalue weighted by atomic mass is 10.1. The van der Waals surface area contributed by atoms with Crippen molar-refractivity contribution in [3.8, 4) is 0 Å². The molecular weight excluding hydrogens is 456 g/mol. The molecule has 0 radical (unpaired) electrons. The van der Waals surface area contributed by atoms with Crippen molar-refractivity contribution in [3.05, 3.63) is 18.0 Å². The Labute approximate surface area is 202 Å². The molecule has 4 rings (SSSR count). The monoisotopic (exact) mass is 490 g/mol. The van der Waals surface area contributed by atoms with Crippen molar-refractivity contribution >= 4 is 22.9 Å². The Morgan fingerprint density at radius 3 is 2.43 bits per heavy atom. The number of anilines is 2. The van der Waals surface area contributed by atoms with Crippen molar-refractivity contribution in [1.82, 2.24) is 29.7 Å². The van der Waals surface area contributed by atoms with E-state index in [4.69, 9.17) is 9.26 Å². The molecule has 0 amide bonds. The molecule has 5 atom stereocenters. The van der Waals surface area contributed by atoms with Crippen LogP contribution in [-0.2, 0) is 4.74 Å². The van der Waals surface area contributed by atoms with Crippen molar-refractivity contribution in [2.75, 3.05) is 17.2 Å². The lowest BCUT2D eigenvalue weighted by molar-refractivity contribution is -0.0451. The molecule has 13 nitrogen and oxygen atoms in total. The fourth-order valence-corrected chi connectivity index (χ4v) is 4.07. The van der Waals surface area contributed by atoms with Crippen LogP contribution >= 0.6 is 0 Å². The van der Waals surface area contributed by atoms with Crippen LogP contribution in [0.5, 0.6) is 0 Å². The quantitative estimate of drug-likeness (QED) is 0.277. The van der Waals surface area contributed by atoms with Crippen LogP contribution in [0.25, 0.3) is 11.2 Å². The van der Waals surface area contributed by atoms with Crippen molar-refractivity contribution < 1.29 is 24.6 Å². The van der Waals surface area contributed by atoms with Gasteiger partial charge in [-0.05, 0) is 25.7 Å². The molecule has 0 saturated carbocycles. The maximum atomic E-state index is 10.8. The molecule has 3 aromatic heterocycles. The summed E-state index contributed by atoms with van der Waals surface area (Å²) in [5.41, 5.74) is 0.893. The van der Waals surface area contributed by atoms with E-state index in [1.165, 1.54) is 6.33 Å². The number of aromatic nitrogens is 6. The Bertz CT molecular complexity index is 1130.